The predicted octanol–water partition coefficient (Wildman–Crippen LogP) is 2.84. The Bertz CT molecular complexity index is 391. The molecule has 86 valence electrons. The summed E-state index contributed by atoms with van der Waals surface area (Å²) in [6.45, 7) is 2.77. The lowest BCUT2D eigenvalue weighted by Crippen LogP contribution is -2.42. The zero-order chi connectivity index (χ0) is 11.5. The van der Waals surface area contributed by atoms with Gasteiger partial charge in [-0.1, -0.05) is 12.1 Å². The first-order valence-electron chi connectivity index (χ1n) is 5.75. The Kier molecular flexibility index (Phi) is 3.22. The number of benzene rings is 1. The van der Waals surface area contributed by atoms with Gasteiger partial charge in [-0.25, -0.2) is 4.39 Å². The summed E-state index contributed by atoms with van der Waals surface area (Å²) in [5.41, 5.74) is 0.191. The molecule has 0 spiro atoms. The Morgan fingerprint density at radius 2 is 2.12 bits per heavy atom. The highest BCUT2D eigenvalue weighted by molar-refractivity contribution is 5.94. The predicted molar refractivity (Wildman–Crippen MR) is 60.7 cm³/mol. The van der Waals surface area contributed by atoms with E-state index in [1.54, 1.807) is 23.1 Å². The number of nitrogens with zero attached hydrogens (tertiary/aromatic N) is 1. The Morgan fingerprint density at radius 3 is 2.81 bits per heavy atom. The molecule has 2 nitrogen and oxygen atoms in total. The van der Waals surface area contributed by atoms with Gasteiger partial charge in [0, 0.05) is 12.6 Å². The molecule has 16 heavy (non-hydrogen) atoms. The monoisotopic (exact) mass is 221 g/mol. The second-order valence-corrected chi connectivity index (χ2v) is 4.32. The van der Waals surface area contributed by atoms with Crippen molar-refractivity contribution >= 4 is 5.91 Å². The maximum atomic E-state index is 13.5. The first-order valence-corrected chi connectivity index (χ1v) is 5.75. The van der Waals surface area contributed by atoms with E-state index in [9.17, 15) is 9.18 Å². The molecule has 0 aliphatic carbocycles. The maximum absolute atomic E-state index is 13.5. The highest BCUT2D eigenvalue weighted by Gasteiger charge is 2.25. The molecular weight excluding hydrogens is 205 g/mol. The number of hydrogen-bond donors (Lipinski definition) is 0. The molecule has 1 atom stereocenters. The molecular formula is C13H16FNO. The number of hydrogen-bond acceptors (Lipinski definition) is 1. The van der Waals surface area contributed by atoms with Crippen LogP contribution in [0.3, 0.4) is 0 Å². The van der Waals surface area contributed by atoms with Crippen LogP contribution < -0.4 is 0 Å². The summed E-state index contributed by atoms with van der Waals surface area (Å²) in [7, 11) is 0. The standard InChI is InChI=1S/C13H16FNO/c1-10-6-4-5-9-15(10)13(16)11-7-2-3-8-12(11)14/h2-3,7-8,10H,4-6,9H2,1H3. The van der Waals surface area contributed by atoms with Gasteiger partial charge >= 0.3 is 0 Å². The van der Waals surface area contributed by atoms with Crippen LogP contribution in [0, 0.1) is 5.82 Å². The maximum Gasteiger partial charge on any atom is 0.257 e. The molecule has 0 bridgehead atoms. The molecule has 1 aromatic rings. The number of carbonyl (C=O) groups excluding carboxylic acids is 1. The third-order valence-corrected chi connectivity index (χ3v) is 3.17. The summed E-state index contributed by atoms with van der Waals surface area (Å²) in [6, 6.07) is 6.41. The van der Waals surface area contributed by atoms with Gasteiger partial charge in [-0.15, -0.1) is 0 Å². The number of halogens is 1. The lowest BCUT2D eigenvalue weighted by Gasteiger charge is -2.33. The molecule has 1 saturated heterocycles. The van der Waals surface area contributed by atoms with Crippen LogP contribution in [0.25, 0.3) is 0 Å². The summed E-state index contributed by atoms with van der Waals surface area (Å²) in [4.78, 5) is 13.9. The van der Waals surface area contributed by atoms with E-state index >= 15 is 0 Å². The van der Waals surface area contributed by atoms with Crippen molar-refractivity contribution in [3.8, 4) is 0 Å². The fraction of sp³-hybridized carbons (Fsp3) is 0.462. The fourth-order valence-electron chi connectivity index (χ4n) is 2.19. The van der Waals surface area contributed by atoms with Crippen molar-refractivity contribution < 1.29 is 9.18 Å². The Labute approximate surface area is 95.1 Å². The van der Waals surface area contributed by atoms with Crippen LogP contribution in [0.2, 0.25) is 0 Å². The topological polar surface area (TPSA) is 20.3 Å². The molecule has 1 aliphatic rings. The lowest BCUT2D eigenvalue weighted by atomic mass is 10.0. The second kappa shape index (κ2) is 4.64. The van der Waals surface area contributed by atoms with Crippen LogP contribution in [0.15, 0.2) is 24.3 Å². The second-order valence-electron chi connectivity index (χ2n) is 4.32. The minimum absolute atomic E-state index is 0.176. The molecule has 1 heterocycles. The van der Waals surface area contributed by atoms with Crippen molar-refractivity contribution in [1.29, 1.82) is 0 Å². The Balaban J connectivity index is 2.21. The normalized spacial score (nSPS) is 20.9. The number of amides is 1. The van der Waals surface area contributed by atoms with E-state index in [2.05, 4.69) is 0 Å². The number of rotatable bonds is 1. The van der Waals surface area contributed by atoms with Gasteiger partial charge in [-0.05, 0) is 38.3 Å². The van der Waals surface area contributed by atoms with Crippen molar-refractivity contribution in [2.75, 3.05) is 6.54 Å². The SMILES string of the molecule is CC1CCCCN1C(=O)c1ccccc1F. The fourth-order valence-corrected chi connectivity index (χ4v) is 2.19. The lowest BCUT2D eigenvalue weighted by molar-refractivity contribution is 0.0631. The van der Waals surface area contributed by atoms with Gasteiger partial charge in [0.1, 0.15) is 5.82 Å². The minimum Gasteiger partial charge on any atom is -0.336 e. The number of carbonyl (C=O) groups is 1. The van der Waals surface area contributed by atoms with Gasteiger partial charge in [0.2, 0.25) is 0 Å². The van der Waals surface area contributed by atoms with Gasteiger partial charge < -0.3 is 4.90 Å². The highest BCUT2D eigenvalue weighted by Crippen LogP contribution is 2.20. The van der Waals surface area contributed by atoms with E-state index < -0.39 is 5.82 Å². The molecule has 1 fully saturated rings. The van der Waals surface area contributed by atoms with E-state index in [4.69, 9.17) is 0 Å². The third-order valence-electron chi connectivity index (χ3n) is 3.17. The largest absolute Gasteiger partial charge is 0.336 e. The molecule has 0 saturated carbocycles. The van der Waals surface area contributed by atoms with E-state index in [0.29, 0.717) is 0 Å². The summed E-state index contributed by atoms with van der Waals surface area (Å²) >= 11 is 0. The molecule has 1 amide bonds. The van der Waals surface area contributed by atoms with E-state index in [-0.39, 0.29) is 17.5 Å². The van der Waals surface area contributed by atoms with E-state index in [1.807, 2.05) is 6.92 Å². The first kappa shape index (κ1) is 11.1. The smallest absolute Gasteiger partial charge is 0.257 e. The Hall–Kier alpha value is -1.38. The van der Waals surface area contributed by atoms with E-state index in [1.165, 1.54) is 6.07 Å². The quantitative estimate of drug-likeness (QED) is 0.714. The number of likely N-dealkylation sites (tertiary alicyclic amines) is 1. The zero-order valence-corrected chi connectivity index (χ0v) is 9.45. The van der Waals surface area contributed by atoms with Crippen LogP contribution >= 0.6 is 0 Å². The van der Waals surface area contributed by atoms with Crippen LogP contribution in [0.1, 0.15) is 36.5 Å². The van der Waals surface area contributed by atoms with Gasteiger partial charge in [0.25, 0.3) is 5.91 Å². The summed E-state index contributed by atoms with van der Waals surface area (Å²) < 4.78 is 13.5. The molecule has 3 heteroatoms. The molecule has 1 aliphatic heterocycles. The van der Waals surface area contributed by atoms with Gasteiger partial charge in [-0.3, -0.25) is 4.79 Å². The molecule has 0 N–H and O–H groups in total. The molecule has 0 aromatic heterocycles. The van der Waals surface area contributed by atoms with Crippen molar-refractivity contribution in [2.24, 2.45) is 0 Å². The minimum atomic E-state index is -0.426. The third kappa shape index (κ3) is 2.08. The van der Waals surface area contributed by atoms with Gasteiger partial charge in [-0.2, -0.15) is 0 Å². The summed E-state index contributed by atoms with van der Waals surface area (Å²) in [5, 5.41) is 0. The van der Waals surface area contributed by atoms with Gasteiger partial charge in [0.15, 0.2) is 0 Å². The van der Waals surface area contributed by atoms with Crippen molar-refractivity contribution in [2.45, 2.75) is 32.2 Å². The van der Waals surface area contributed by atoms with Crippen molar-refractivity contribution in [1.82, 2.24) is 4.90 Å². The van der Waals surface area contributed by atoms with Crippen LogP contribution in [0.5, 0.6) is 0 Å². The summed E-state index contributed by atoms with van der Waals surface area (Å²) in [6.07, 6.45) is 3.19. The molecule has 0 radical (unpaired) electrons. The number of piperidine rings is 1. The average Bonchev–Trinajstić information content (AvgIpc) is 2.29. The Morgan fingerprint density at radius 1 is 1.38 bits per heavy atom. The highest BCUT2D eigenvalue weighted by atomic mass is 19.1. The summed E-state index contributed by atoms with van der Waals surface area (Å²) in [5.74, 6) is -0.601. The first-order chi connectivity index (χ1) is 7.70. The molecule has 2 rings (SSSR count). The molecule has 1 aromatic carbocycles. The zero-order valence-electron chi connectivity index (χ0n) is 9.45. The molecule has 1 unspecified atom stereocenters. The van der Waals surface area contributed by atoms with Gasteiger partial charge in [0.05, 0.1) is 5.56 Å². The van der Waals surface area contributed by atoms with Crippen molar-refractivity contribution in [3.05, 3.63) is 35.6 Å². The van der Waals surface area contributed by atoms with Crippen LogP contribution in [0.4, 0.5) is 4.39 Å². The van der Waals surface area contributed by atoms with E-state index in [0.717, 1.165) is 25.8 Å². The van der Waals surface area contributed by atoms with Crippen LogP contribution in [-0.2, 0) is 0 Å². The average molecular weight is 221 g/mol. The van der Waals surface area contributed by atoms with Crippen molar-refractivity contribution in [3.63, 3.8) is 0 Å². The van der Waals surface area contributed by atoms with Crippen LogP contribution in [-0.4, -0.2) is 23.4 Å².